The van der Waals surface area contributed by atoms with Gasteiger partial charge in [0, 0.05) is 12.2 Å². The lowest BCUT2D eigenvalue weighted by Gasteiger charge is -2.13. The van der Waals surface area contributed by atoms with E-state index in [4.69, 9.17) is 5.73 Å². The summed E-state index contributed by atoms with van der Waals surface area (Å²) < 4.78 is 30.2. The van der Waals surface area contributed by atoms with Crippen molar-refractivity contribution in [3.05, 3.63) is 65.5 Å². The number of aromatic nitrogens is 2. The number of nitrogen functional groups attached to an aromatic ring is 1. The maximum absolute atomic E-state index is 11.9. The van der Waals surface area contributed by atoms with Crippen molar-refractivity contribution in [2.75, 3.05) is 25.1 Å². The molecule has 3 N–H and O–H groups in total. The number of benzene rings is 1. The molecule has 0 amide bonds. The van der Waals surface area contributed by atoms with Crippen LogP contribution in [0.3, 0.4) is 0 Å². The van der Waals surface area contributed by atoms with Crippen molar-refractivity contribution >= 4 is 33.0 Å². The van der Waals surface area contributed by atoms with Crippen LogP contribution in [0.1, 0.15) is 25.0 Å². The third-order valence-electron chi connectivity index (χ3n) is 4.96. The van der Waals surface area contributed by atoms with E-state index in [1.807, 2.05) is 37.3 Å². The van der Waals surface area contributed by atoms with Crippen LogP contribution in [0.25, 0.3) is 0 Å². The summed E-state index contributed by atoms with van der Waals surface area (Å²) in [5.41, 5.74) is 10.8. The molecular formula is C22H29N6O2S+. The van der Waals surface area contributed by atoms with Crippen molar-refractivity contribution < 1.29 is 13.0 Å². The van der Waals surface area contributed by atoms with E-state index in [0.29, 0.717) is 29.5 Å². The fourth-order valence-corrected chi connectivity index (χ4v) is 3.84. The van der Waals surface area contributed by atoms with Crippen molar-refractivity contribution in [2.45, 2.75) is 27.3 Å². The number of anilines is 1. The van der Waals surface area contributed by atoms with Crippen molar-refractivity contribution in [1.29, 1.82) is 0 Å². The highest BCUT2D eigenvalue weighted by atomic mass is 32.2. The fourth-order valence-electron chi connectivity index (χ4n) is 3.28. The molecule has 0 bridgehead atoms. The van der Waals surface area contributed by atoms with Crippen LogP contribution in [0.4, 0.5) is 11.5 Å². The number of nitrogens with zero attached hydrogens (tertiary/aromatic N) is 4. The number of nitrogens with one attached hydrogen (secondary N) is 1. The molecule has 3 rings (SSSR count). The third-order valence-corrected chi connectivity index (χ3v) is 5.55. The summed E-state index contributed by atoms with van der Waals surface area (Å²) in [5.74, 6) is 0.415. The van der Waals surface area contributed by atoms with E-state index in [9.17, 15) is 8.42 Å². The average molecular weight is 442 g/mol. The van der Waals surface area contributed by atoms with Crippen molar-refractivity contribution in [3.63, 3.8) is 0 Å². The largest absolute Gasteiger partial charge is 0.382 e. The van der Waals surface area contributed by atoms with E-state index >= 15 is 0 Å². The van der Waals surface area contributed by atoms with Gasteiger partial charge in [-0.15, -0.1) is 0 Å². The van der Waals surface area contributed by atoms with Crippen LogP contribution in [-0.4, -0.2) is 53.5 Å². The zero-order valence-corrected chi connectivity index (χ0v) is 19.1. The maximum atomic E-state index is 11.9. The second-order valence-corrected chi connectivity index (χ2v) is 9.17. The van der Waals surface area contributed by atoms with Gasteiger partial charge in [0.1, 0.15) is 24.6 Å². The molecule has 0 unspecified atom stereocenters. The highest BCUT2D eigenvalue weighted by Gasteiger charge is 2.20. The Bertz CT molecular complexity index is 1180. The number of rotatable bonds is 7. The number of allylic oxidation sites excluding steroid dienone is 3. The molecule has 164 valence electrons. The Labute approximate surface area is 183 Å². The first-order chi connectivity index (χ1) is 14.7. The van der Waals surface area contributed by atoms with Crippen molar-refractivity contribution in [1.82, 2.24) is 14.5 Å². The molecule has 1 heterocycles. The van der Waals surface area contributed by atoms with Crippen LogP contribution in [0.5, 0.6) is 0 Å². The molecule has 9 heteroatoms. The lowest BCUT2D eigenvalue weighted by molar-refractivity contribution is -0.519. The number of aliphatic imine (C=N–C) groups is 1. The minimum absolute atomic E-state index is 0.401. The monoisotopic (exact) mass is 441 g/mol. The van der Waals surface area contributed by atoms with Gasteiger partial charge in [0.2, 0.25) is 15.7 Å². The number of nitrogens with two attached hydrogens (primary N) is 1. The van der Waals surface area contributed by atoms with Gasteiger partial charge in [0.25, 0.3) is 0 Å². The lowest BCUT2D eigenvalue weighted by Crippen LogP contribution is -2.30. The molecule has 0 saturated carbocycles. The first-order valence-corrected chi connectivity index (χ1v) is 12.0. The molecule has 1 aromatic heterocycles. The Morgan fingerprint density at radius 1 is 1.16 bits per heavy atom. The predicted molar refractivity (Wildman–Crippen MR) is 126 cm³/mol. The highest BCUT2D eigenvalue weighted by molar-refractivity contribution is 7.88. The molecule has 0 radical (unpaired) electrons. The molecule has 8 nitrogen and oxygen atoms in total. The lowest BCUT2D eigenvalue weighted by atomic mass is 10.1. The molecule has 1 aliphatic carbocycles. The summed E-state index contributed by atoms with van der Waals surface area (Å²) in [6.07, 6.45) is 8.21. The quantitative estimate of drug-likeness (QED) is 0.508. The van der Waals surface area contributed by atoms with Gasteiger partial charge in [-0.3, -0.25) is 4.72 Å². The van der Waals surface area contributed by atoms with E-state index in [0.717, 1.165) is 30.6 Å². The zero-order valence-electron chi connectivity index (χ0n) is 18.3. The van der Waals surface area contributed by atoms with E-state index in [2.05, 4.69) is 33.2 Å². The minimum atomic E-state index is -3.48. The van der Waals surface area contributed by atoms with Gasteiger partial charge in [-0.2, -0.15) is 5.10 Å². The topological polar surface area (TPSA) is 105 Å². The predicted octanol–water partition coefficient (Wildman–Crippen LogP) is 2.39. The maximum Gasteiger partial charge on any atom is 0.229 e. The molecule has 0 fully saturated rings. The van der Waals surface area contributed by atoms with E-state index < -0.39 is 10.0 Å². The highest BCUT2D eigenvalue weighted by Crippen LogP contribution is 2.24. The Kier molecular flexibility index (Phi) is 6.74. The number of sulfonamides is 1. The van der Waals surface area contributed by atoms with Gasteiger partial charge >= 0.3 is 0 Å². The van der Waals surface area contributed by atoms with Crippen molar-refractivity contribution in [2.24, 2.45) is 4.99 Å². The van der Waals surface area contributed by atoms with Crippen LogP contribution in [0.15, 0.2) is 59.4 Å². The SMILES string of the molecule is CC[N+](CC)=C1C=C/C(=N/c2cnn(Cc3ccc(C)cc3)c2N)C(NS(C)(=O)=O)=C1. The molecule has 0 aliphatic heterocycles. The second kappa shape index (κ2) is 9.30. The fraction of sp³-hybridized carbons (Fsp3) is 0.318. The normalized spacial score (nSPS) is 15.3. The molecule has 1 aromatic carbocycles. The number of hydrogen-bond acceptors (Lipinski definition) is 5. The number of aryl methyl sites for hydroxylation is 1. The Hall–Kier alpha value is -3.20. The van der Waals surface area contributed by atoms with Crippen LogP contribution in [0, 0.1) is 6.92 Å². The first-order valence-electron chi connectivity index (χ1n) is 10.2. The molecule has 0 atom stereocenters. The smallest absolute Gasteiger partial charge is 0.229 e. The van der Waals surface area contributed by atoms with E-state index in [1.165, 1.54) is 5.56 Å². The third kappa shape index (κ3) is 5.69. The van der Waals surface area contributed by atoms with Gasteiger partial charge in [0.15, 0.2) is 0 Å². The summed E-state index contributed by atoms with van der Waals surface area (Å²) in [5, 5.41) is 4.36. The molecule has 1 aliphatic rings. The zero-order chi connectivity index (χ0) is 22.6. The summed E-state index contributed by atoms with van der Waals surface area (Å²) in [7, 11) is -3.48. The van der Waals surface area contributed by atoms with Gasteiger partial charge in [-0.25, -0.2) is 22.7 Å². The molecule has 0 saturated heterocycles. The van der Waals surface area contributed by atoms with Gasteiger partial charge in [0.05, 0.1) is 30.4 Å². The standard InChI is InChI=1S/C22H28N6O2S/c1-5-27(6-2)18-11-12-19(20(13-18)26-31(4,29)30)25-21-14-24-28(22(21)23)15-17-9-7-16(3)8-10-17/h7-14H,5-6,15H2,1-4H3,(H2,23,24,26)/p+1. The van der Waals surface area contributed by atoms with Gasteiger partial charge < -0.3 is 5.73 Å². The van der Waals surface area contributed by atoms with Gasteiger partial charge in [-0.05, 0) is 32.4 Å². The van der Waals surface area contributed by atoms with E-state index in [1.54, 1.807) is 23.0 Å². The van der Waals surface area contributed by atoms with Gasteiger partial charge in [-0.1, -0.05) is 29.8 Å². The Morgan fingerprint density at radius 2 is 1.84 bits per heavy atom. The number of hydrogen-bond donors (Lipinski definition) is 2. The average Bonchev–Trinajstić information content (AvgIpc) is 3.05. The van der Waals surface area contributed by atoms with E-state index in [-0.39, 0.29) is 0 Å². The molecule has 2 aromatic rings. The summed E-state index contributed by atoms with van der Waals surface area (Å²) >= 11 is 0. The Morgan fingerprint density at radius 3 is 2.45 bits per heavy atom. The summed E-state index contributed by atoms with van der Waals surface area (Å²) in [4.78, 5) is 4.60. The van der Waals surface area contributed by atoms with Crippen LogP contribution in [0.2, 0.25) is 0 Å². The first kappa shape index (κ1) is 22.5. The Balaban J connectivity index is 1.95. The second-order valence-electron chi connectivity index (χ2n) is 7.42. The summed E-state index contributed by atoms with van der Waals surface area (Å²) in [6, 6.07) is 8.16. The van der Waals surface area contributed by atoms with Crippen molar-refractivity contribution in [3.8, 4) is 0 Å². The summed E-state index contributed by atoms with van der Waals surface area (Å²) in [6.45, 7) is 8.28. The molecular weight excluding hydrogens is 412 g/mol. The molecule has 31 heavy (non-hydrogen) atoms. The van der Waals surface area contributed by atoms with Crippen LogP contribution in [-0.2, 0) is 16.6 Å². The van der Waals surface area contributed by atoms with Crippen LogP contribution < -0.4 is 10.5 Å². The van der Waals surface area contributed by atoms with Crippen LogP contribution >= 0.6 is 0 Å². The minimum Gasteiger partial charge on any atom is -0.382 e. The molecule has 0 spiro atoms.